The highest BCUT2D eigenvalue weighted by Gasteiger charge is 2.33. The molecular weight excluding hydrogens is 911 g/mol. The first-order valence-electron chi connectivity index (χ1n) is 24.9. The number of hydrogen-bond acceptors (Lipinski definition) is 6. The molecule has 0 unspecified atom stereocenters. The maximum atomic E-state index is 7.20. The van der Waals surface area contributed by atoms with Gasteiger partial charge in [0.1, 0.15) is 33.5 Å². The van der Waals surface area contributed by atoms with Crippen molar-refractivity contribution in [3.63, 3.8) is 0 Å². The molecule has 10 aromatic carbocycles. The van der Waals surface area contributed by atoms with Crippen molar-refractivity contribution < 1.29 is 17.7 Å². The standard InChI is InChI=1S/C67H41N3O4/c1-3-4-33-55-39(2)49-37-53(68(40-20-7-5-8-21-40)51-31-18-27-45-42-24-11-14-34-56(42)72-64(45)51)59-47-29-17-30-48-60-54(38-50-44-26-13-16-36-58(44)74-67(50)63(60)70(61(47)48)62(59)66(49)71-55)69(41-22-9-6-10-23-41)52-32-19-28-46-43-25-12-15-35-57(43)73-65(46)52/h3-38H,1H2,2H3/b33-4-. The number of allylic oxidation sites excluding steroid dienone is 2. The van der Waals surface area contributed by atoms with Crippen LogP contribution in [0.1, 0.15) is 11.3 Å². The highest BCUT2D eigenvalue weighted by molar-refractivity contribution is 6.35. The average molecular weight is 952 g/mol. The summed E-state index contributed by atoms with van der Waals surface area (Å²) in [7, 11) is 0. The number of aryl methyl sites for hydroxylation is 1. The Morgan fingerprint density at radius 3 is 1.32 bits per heavy atom. The van der Waals surface area contributed by atoms with Crippen LogP contribution >= 0.6 is 0 Å². The van der Waals surface area contributed by atoms with Gasteiger partial charge < -0.3 is 31.9 Å². The summed E-state index contributed by atoms with van der Waals surface area (Å²) >= 11 is 0. The van der Waals surface area contributed by atoms with Crippen LogP contribution in [-0.2, 0) is 0 Å². The molecule has 0 saturated heterocycles. The molecular formula is C67H41N3O4. The molecule has 0 atom stereocenters. The van der Waals surface area contributed by atoms with E-state index in [-0.39, 0.29) is 0 Å². The van der Waals surface area contributed by atoms with Gasteiger partial charge in [0.05, 0.1) is 28.3 Å². The van der Waals surface area contributed by atoms with E-state index in [4.69, 9.17) is 17.7 Å². The van der Waals surface area contributed by atoms with Crippen LogP contribution in [0.2, 0.25) is 0 Å². The average Bonchev–Trinajstić information content (AvgIpc) is 4.32. The van der Waals surface area contributed by atoms with Crippen molar-refractivity contribution in [3.05, 3.63) is 230 Å². The molecule has 0 radical (unpaired) electrons. The largest absolute Gasteiger partial charge is 0.454 e. The molecule has 0 aliphatic rings. The lowest BCUT2D eigenvalue weighted by atomic mass is 10.00. The van der Waals surface area contributed by atoms with E-state index in [1.54, 1.807) is 6.08 Å². The highest BCUT2D eigenvalue weighted by Crippen LogP contribution is 2.55. The smallest absolute Gasteiger partial charge is 0.160 e. The highest BCUT2D eigenvalue weighted by atomic mass is 16.3. The van der Waals surface area contributed by atoms with Crippen LogP contribution in [0.25, 0.3) is 121 Å². The Hall–Kier alpha value is -9.98. The fourth-order valence-electron chi connectivity index (χ4n) is 12.1. The summed E-state index contributed by atoms with van der Waals surface area (Å²) in [5.41, 5.74) is 15.4. The molecule has 74 heavy (non-hydrogen) atoms. The first-order chi connectivity index (χ1) is 36.6. The zero-order valence-electron chi connectivity index (χ0n) is 40.0. The molecule has 0 N–H and O–H groups in total. The van der Waals surface area contributed by atoms with Crippen molar-refractivity contribution in [1.29, 1.82) is 0 Å². The van der Waals surface area contributed by atoms with Crippen LogP contribution in [-0.4, -0.2) is 4.40 Å². The number of furan rings is 4. The predicted molar refractivity (Wildman–Crippen MR) is 306 cm³/mol. The van der Waals surface area contributed by atoms with Gasteiger partial charge in [-0.25, -0.2) is 0 Å². The van der Waals surface area contributed by atoms with Gasteiger partial charge in [0.2, 0.25) is 0 Å². The van der Waals surface area contributed by atoms with E-state index in [2.05, 4.69) is 198 Å². The monoisotopic (exact) mass is 951 g/mol. The molecule has 6 aromatic heterocycles. The van der Waals surface area contributed by atoms with Gasteiger partial charge in [-0.3, -0.25) is 0 Å². The van der Waals surface area contributed by atoms with Crippen molar-refractivity contribution >= 4 is 155 Å². The lowest BCUT2D eigenvalue weighted by molar-refractivity contribution is 0.603. The number of nitrogens with zero attached hydrogens (tertiary/aromatic N) is 3. The van der Waals surface area contributed by atoms with Crippen molar-refractivity contribution in [2.45, 2.75) is 6.92 Å². The van der Waals surface area contributed by atoms with E-state index >= 15 is 0 Å². The van der Waals surface area contributed by atoms with Gasteiger partial charge in [-0.15, -0.1) is 0 Å². The Labute approximate surface area is 422 Å². The van der Waals surface area contributed by atoms with Crippen molar-refractivity contribution in [2.75, 3.05) is 9.80 Å². The van der Waals surface area contributed by atoms with E-state index < -0.39 is 0 Å². The summed E-state index contributed by atoms with van der Waals surface area (Å²) < 4.78 is 30.6. The number of anilines is 6. The molecule has 0 aliphatic heterocycles. The molecule has 7 heteroatoms. The molecule has 16 aromatic rings. The molecule has 7 nitrogen and oxygen atoms in total. The zero-order chi connectivity index (χ0) is 48.8. The molecule has 0 bridgehead atoms. The van der Waals surface area contributed by atoms with Crippen molar-refractivity contribution in [2.24, 2.45) is 0 Å². The van der Waals surface area contributed by atoms with Gasteiger partial charge in [-0.1, -0.05) is 152 Å². The van der Waals surface area contributed by atoms with Gasteiger partial charge in [0.25, 0.3) is 0 Å². The Kier molecular flexibility index (Phi) is 8.40. The van der Waals surface area contributed by atoms with Crippen LogP contribution in [0, 0.1) is 6.92 Å². The molecule has 0 amide bonds. The van der Waals surface area contributed by atoms with Crippen LogP contribution < -0.4 is 9.80 Å². The van der Waals surface area contributed by atoms with Crippen LogP contribution in [0.4, 0.5) is 34.1 Å². The maximum Gasteiger partial charge on any atom is 0.160 e. The second kappa shape index (κ2) is 15.3. The van der Waals surface area contributed by atoms with Gasteiger partial charge in [0, 0.05) is 76.2 Å². The minimum atomic E-state index is 0.761. The number of benzene rings is 10. The lowest BCUT2D eigenvalue weighted by Crippen LogP contribution is -2.11. The fraction of sp³-hybridized carbons (Fsp3) is 0.0149. The van der Waals surface area contributed by atoms with E-state index in [1.807, 2.05) is 42.5 Å². The number of aromatic nitrogens is 1. The minimum Gasteiger partial charge on any atom is -0.454 e. The molecule has 348 valence electrons. The van der Waals surface area contributed by atoms with Gasteiger partial charge in [0.15, 0.2) is 22.3 Å². The number of hydrogen-bond donors (Lipinski definition) is 0. The first-order valence-corrected chi connectivity index (χ1v) is 24.9. The Bertz CT molecular complexity index is 5010. The molecule has 0 saturated carbocycles. The summed E-state index contributed by atoms with van der Waals surface area (Å²) in [6, 6.07) is 70.5. The van der Waals surface area contributed by atoms with Crippen LogP contribution in [0.3, 0.4) is 0 Å². The quantitative estimate of drug-likeness (QED) is 0.141. The molecule has 6 heterocycles. The molecule has 0 fully saturated rings. The van der Waals surface area contributed by atoms with E-state index in [1.165, 1.54) is 0 Å². The Balaban J connectivity index is 1.12. The first kappa shape index (κ1) is 40.7. The summed E-state index contributed by atoms with van der Waals surface area (Å²) in [4.78, 5) is 4.75. The summed E-state index contributed by atoms with van der Waals surface area (Å²) in [5.74, 6) is 0.761. The molecule has 0 spiro atoms. The third-order valence-electron chi connectivity index (χ3n) is 15.2. The number of rotatable bonds is 8. The Morgan fingerprint density at radius 1 is 0.378 bits per heavy atom. The molecule has 0 aliphatic carbocycles. The summed E-state index contributed by atoms with van der Waals surface area (Å²) in [6.07, 6.45) is 5.74. The number of fused-ring (bicyclic) bond motifs is 18. The second-order valence-electron chi connectivity index (χ2n) is 19.2. The third kappa shape index (κ3) is 5.49. The van der Waals surface area contributed by atoms with Crippen molar-refractivity contribution in [1.82, 2.24) is 4.40 Å². The molecule has 16 rings (SSSR count). The van der Waals surface area contributed by atoms with Crippen molar-refractivity contribution in [3.8, 4) is 0 Å². The SMILES string of the molecule is C=C/C=C\c1oc2c(cc(N(c3ccccc3)c3cccc4c3oc3ccccc34)c3c4cccc5c6c(N(c7ccccc7)c7cccc8c7oc7ccccc78)cc7c8ccccc8oc7c6n(c45)c23)c1C. The van der Waals surface area contributed by atoms with Crippen LogP contribution in [0.5, 0.6) is 0 Å². The van der Waals surface area contributed by atoms with E-state index in [0.717, 1.165) is 160 Å². The van der Waals surface area contributed by atoms with Crippen LogP contribution in [0.15, 0.2) is 237 Å². The zero-order valence-corrected chi connectivity index (χ0v) is 40.0. The maximum absolute atomic E-state index is 7.20. The van der Waals surface area contributed by atoms with E-state index in [9.17, 15) is 0 Å². The van der Waals surface area contributed by atoms with E-state index in [0.29, 0.717) is 0 Å². The normalized spacial score (nSPS) is 12.4. The predicted octanol–water partition coefficient (Wildman–Crippen LogP) is 19.7. The minimum absolute atomic E-state index is 0.761. The Morgan fingerprint density at radius 2 is 0.797 bits per heavy atom. The summed E-state index contributed by atoms with van der Waals surface area (Å²) in [6.45, 7) is 6.16. The summed E-state index contributed by atoms with van der Waals surface area (Å²) in [5, 5.41) is 11.5. The van der Waals surface area contributed by atoms with Gasteiger partial charge in [-0.2, -0.15) is 0 Å². The lowest BCUT2D eigenvalue weighted by Gasteiger charge is -2.27. The second-order valence-corrected chi connectivity index (χ2v) is 19.2. The van der Waals surface area contributed by atoms with Gasteiger partial charge in [-0.05, 0) is 79.7 Å². The topological polar surface area (TPSA) is 63.5 Å². The van der Waals surface area contributed by atoms with Gasteiger partial charge >= 0.3 is 0 Å². The third-order valence-corrected chi connectivity index (χ3v) is 15.2. The fourth-order valence-corrected chi connectivity index (χ4v) is 12.1. The number of para-hydroxylation sites is 8.